The van der Waals surface area contributed by atoms with Crippen molar-refractivity contribution in [2.24, 2.45) is 4.99 Å². The fourth-order valence-corrected chi connectivity index (χ4v) is 4.51. The highest BCUT2D eigenvalue weighted by atomic mass is 32.1. The fourth-order valence-electron chi connectivity index (χ4n) is 3.50. The summed E-state index contributed by atoms with van der Waals surface area (Å²) in [5, 5.41) is 20.7. The molecule has 1 aliphatic rings. The number of amidine groups is 1. The van der Waals surface area contributed by atoms with Gasteiger partial charge in [-0.05, 0) is 29.8 Å². The molecule has 1 N–H and O–H groups in total. The quantitative estimate of drug-likeness (QED) is 0.255. The van der Waals surface area contributed by atoms with E-state index in [0.717, 1.165) is 0 Å². The third kappa shape index (κ3) is 3.82. The van der Waals surface area contributed by atoms with Crippen LogP contribution in [-0.2, 0) is 4.79 Å². The SMILES string of the molecule is O=C(O)c1ccc2nc(N3C(=O)/C(=C/c4cccc([N+](=O)[O-])c4)N=C3c3ccccc3)sc2c1. The van der Waals surface area contributed by atoms with E-state index in [2.05, 4.69) is 9.98 Å². The molecule has 1 aromatic heterocycles. The van der Waals surface area contributed by atoms with Crippen LogP contribution < -0.4 is 4.90 Å². The lowest BCUT2D eigenvalue weighted by Gasteiger charge is -2.14. The molecule has 166 valence electrons. The predicted molar refractivity (Wildman–Crippen MR) is 128 cm³/mol. The lowest BCUT2D eigenvalue weighted by molar-refractivity contribution is -0.384. The van der Waals surface area contributed by atoms with Gasteiger partial charge in [0, 0.05) is 17.7 Å². The molecule has 4 aromatic rings. The first-order valence-corrected chi connectivity index (χ1v) is 10.8. The molecule has 0 unspecified atom stereocenters. The van der Waals surface area contributed by atoms with E-state index in [1.54, 1.807) is 12.1 Å². The molecule has 1 amide bonds. The first kappa shape index (κ1) is 21.2. The number of carboxylic acids is 1. The zero-order valence-corrected chi connectivity index (χ0v) is 18.1. The van der Waals surface area contributed by atoms with Gasteiger partial charge in [-0.3, -0.25) is 14.9 Å². The van der Waals surface area contributed by atoms with Crippen LogP contribution in [0.4, 0.5) is 10.8 Å². The summed E-state index contributed by atoms with van der Waals surface area (Å²) < 4.78 is 0.617. The molecular formula is C24H14N4O5S. The van der Waals surface area contributed by atoms with Crippen molar-refractivity contribution < 1.29 is 19.6 Å². The van der Waals surface area contributed by atoms with Gasteiger partial charge in [0.05, 0.1) is 20.7 Å². The first-order chi connectivity index (χ1) is 16.4. The van der Waals surface area contributed by atoms with Crippen LogP contribution in [0, 0.1) is 10.1 Å². The number of nitro groups is 1. The second-order valence-corrected chi connectivity index (χ2v) is 8.32. The van der Waals surface area contributed by atoms with Gasteiger partial charge in [-0.15, -0.1) is 0 Å². The third-order valence-electron chi connectivity index (χ3n) is 5.09. The Balaban J connectivity index is 1.62. The Hall–Kier alpha value is -4.70. The minimum Gasteiger partial charge on any atom is -0.478 e. The number of aromatic carboxylic acids is 1. The second-order valence-electron chi connectivity index (χ2n) is 7.31. The van der Waals surface area contributed by atoms with Crippen LogP contribution in [0.1, 0.15) is 21.5 Å². The number of amides is 1. The van der Waals surface area contributed by atoms with E-state index in [9.17, 15) is 24.8 Å². The summed E-state index contributed by atoms with van der Waals surface area (Å²) in [6.45, 7) is 0. The van der Waals surface area contributed by atoms with Gasteiger partial charge in [-0.1, -0.05) is 53.8 Å². The first-order valence-electron chi connectivity index (χ1n) is 9.99. The van der Waals surface area contributed by atoms with Gasteiger partial charge in [0.25, 0.3) is 11.6 Å². The van der Waals surface area contributed by atoms with Crippen molar-refractivity contribution in [2.45, 2.75) is 0 Å². The maximum Gasteiger partial charge on any atom is 0.335 e. The molecule has 10 heteroatoms. The zero-order valence-electron chi connectivity index (χ0n) is 17.3. The molecule has 0 saturated heterocycles. The van der Waals surface area contributed by atoms with E-state index >= 15 is 0 Å². The van der Waals surface area contributed by atoms with Crippen LogP contribution in [-0.4, -0.2) is 32.7 Å². The zero-order chi connectivity index (χ0) is 23.8. The summed E-state index contributed by atoms with van der Waals surface area (Å²) in [4.78, 5) is 45.8. The van der Waals surface area contributed by atoms with E-state index in [1.165, 1.54) is 52.6 Å². The van der Waals surface area contributed by atoms with Crippen molar-refractivity contribution in [1.82, 2.24) is 4.98 Å². The summed E-state index contributed by atoms with van der Waals surface area (Å²) in [6, 6.07) is 19.6. The van der Waals surface area contributed by atoms with Gasteiger partial charge >= 0.3 is 5.97 Å². The predicted octanol–water partition coefficient (Wildman–Crippen LogP) is 4.74. The topological polar surface area (TPSA) is 126 Å². The molecule has 0 fully saturated rings. The number of aromatic nitrogens is 1. The van der Waals surface area contributed by atoms with Gasteiger partial charge in [0.2, 0.25) is 0 Å². The van der Waals surface area contributed by atoms with Crippen molar-refractivity contribution in [3.05, 3.63) is 105 Å². The van der Waals surface area contributed by atoms with Crippen molar-refractivity contribution in [3.63, 3.8) is 0 Å². The number of nitrogens with zero attached hydrogens (tertiary/aromatic N) is 4. The average molecular weight is 470 g/mol. The van der Waals surface area contributed by atoms with Crippen molar-refractivity contribution in [3.8, 4) is 0 Å². The van der Waals surface area contributed by atoms with Gasteiger partial charge in [0.15, 0.2) is 5.13 Å². The number of rotatable bonds is 5. The maximum atomic E-state index is 13.4. The number of hydrogen-bond donors (Lipinski definition) is 1. The average Bonchev–Trinajstić information content (AvgIpc) is 3.40. The van der Waals surface area contributed by atoms with Crippen molar-refractivity contribution >= 4 is 56.2 Å². The smallest absolute Gasteiger partial charge is 0.335 e. The number of carboxylic acid groups (broad SMARTS) is 1. The number of carbonyl (C=O) groups is 2. The summed E-state index contributed by atoms with van der Waals surface area (Å²) in [7, 11) is 0. The second kappa shape index (κ2) is 8.34. The molecule has 0 atom stereocenters. The monoisotopic (exact) mass is 470 g/mol. The highest BCUT2D eigenvalue weighted by Gasteiger charge is 2.34. The van der Waals surface area contributed by atoms with Crippen molar-refractivity contribution in [1.29, 1.82) is 0 Å². The number of aliphatic imine (C=N–C) groups is 1. The van der Waals surface area contributed by atoms with Crippen LogP contribution in [0.15, 0.2) is 83.5 Å². The summed E-state index contributed by atoms with van der Waals surface area (Å²) in [5.41, 5.74) is 1.84. The van der Waals surface area contributed by atoms with Crippen LogP contribution in [0.25, 0.3) is 16.3 Å². The largest absolute Gasteiger partial charge is 0.478 e. The molecular weight excluding hydrogens is 456 g/mol. The van der Waals surface area contributed by atoms with Crippen LogP contribution in [0.2, 0.25) is 0 Å². The molecule has 0 aliphatic carbocycles. The third-order valence-corrected chi connectivity index (χ3v) is 6.10. The number of thiazole rings is 1. The summed E-state index contributed by atoms with van der Waals surface area (Å²) in [6.07, 6.45) is 1.49. The van der Waals surface area contributed by atoms with E-state index in [1.807, 2.05) is 30.3 Å². The molecule has 1 aliphatic heterocycles. The van der Waals surface area contributed by atoms with Gasteiger partial charge < -0.3 is 5.11 Å². The summed E-state index contributed by atoms with van der Waals surface area (Å²) >= 11 is 1.18. The standard InChI is InChI=1S/C24H14N4O5S/c29-22-19(12-14-5-4-8-17(11-14)28(32)33)25-21(15-6-2-1-3-7-15)27(22)24-26-18-10-9-16(23(30)31)13-20(18)34-24/h1-13H,(H,30,31)/b19-12-. The molecule has 9 nitrogen and oxygen atoms in total. The lowest BCUT2D eigenvalue weighted by Crippen LogP contribution is -2.32. The van der Waals surface area contributed by atoms with E-state index in [0.29, 0.717) is 32.3 Å². The molecule has 0 radical (unpaired) electrons. The number of nitro benzene ring substituents is 1. The molecule has 3 aromatic carbocycles. The van der Waals surface area contributed by atoms with Gasteiger partial charge in [0.1, 0.15) is 11.5 Å². The number of hydrogen-bond acceptors (Lipinski definition) is 7. The van der Waals surface area contributed by atoms with Crippen LogP contribution in [0.3, 0.4) is 0 Å². The number of anilines is 1. The van der Waals surface area contributed by atoms with E-state index in [-0.39, 0.29) is 16.9 Å². The molecule has 0 bridgehead atoms. The number of non-ortho nitro benzene ring substituents is 1. The number of benzene rings is 3. The Bertz CT molecular complexity index is 1540. The maximum absolute atomic E-state index is 13.4. The number of fused-ring (bicyclic) bond motifs is 1. The highest BCUT2D eigenvalue weighted by Crippen LogP contribution is 2.34. The number of carbonyl (C=O) groups excluding carboxylic acids is 1. The normalized spacial score (nSPS) is 14.6. The van der Waals surface area contributed by atoms with E-state index < -0.39 is 16.8 Å². The lowest BCUT2D eigenvalue weighted by atomic mass is 10.1. The van der Waals surface area contributed by atoms with Crippen molar-refractivity contribution in [2.75, 3.05) is 4.90 Å². The molecule has 2 heterocycles. The fraction of sp³-hybridized carbons (Fsp3) is 0. The Morgan fingerprint density at radius 2 is 1.85 bits per heavy atom. The molecule has 0 spiro atoms. The Kier molecular flexibility index (Phi) is 5.19. The minimum atomic E-state index is -1.05. The molecule has 5 rings (SSSR count). The Labute approximate surface area is 196 Å². The van der Waals surface area contributed by atoms with Crippen LogP contribution in [0.5, 0.6) is 0 Å². The van der Waals surface area contributed by atoms with E-state index in [4.69, 9.17) is 0 Å². The Morgan fingerprint density at radius 1 is 1.06 bits per heavy atom. The minimum absolute atomic E-state index is 0.0932. The van der Waals surface area contributed by atoms with Gasteiger partial charge in [-0.2, -0.15) is 0 Å². The molecule has 0 saturated carbocycles. The summed E-state index contributed by atoms with van der Waals surface area (Å²) in [5.74, 6) is -1.13. The molecule has 34 heavy (non-hydrogen) atoms. The van der Waals surface area contributed by atoms with Gasteiger partial charge in [-0.25, -0.2) is 19.7 Å². The highest BCUT2D eigenvalue weighted by molar-refractivity contribution is 7.22. The Morgan fingerprint density at radius 3 is 2.59 bits per heavy atom. The van der Waals surface area contributed by atoms with Crippen LogP contribution >= 0.6 is 11.3 Å².